The van der Waals surface area contributed by atoms with Gasteiger partial charge >= 0.3 is 0 Å². The molecule has 3 nitrogen and oxygen atoms in total. The van der Waals surface area contributed by atoms with Crippen molar-refractivity contribution in [2.24, 2.45) is 0 Å². The lowest BCUT2D eigenvalue weighted by Gasteiger charge is -2.32. The lowest BCUT2D eigenvalue weighted by Crippen LogP contribution is -2.40. The quantitative estimate of drug-likeness (QED) is 0.932. The van der Waals surface area contributed by atoms with Crippen molar-refractivity contribution < 1.29 is 8.42 Å². The van der Waals surface area contributed by atoms with Crippen LogP contribution in [0.15, 0.2) is 12.1 Å². The van der Waals surface area contributed by atoms with Crippen LogP contribution in [0.3, 0.4) is 0 Å². The fraction of sp³-hybridized carbons (Fsp3) is 0.625. The molecule has 1 saturated heterocycles. The van der Waals surface area contributed by atoms with Gasteiger partial charge in [-0.2, -0.15) is 0 Å². The Balaban J connectivity index is 2.48. The zero-order valence-corrected chi connectivity index (χ0v) is 13.7. The van der Waals surface area contributed by atoms with E-state index in [2.05, 4.69) is 38.2 Å². The third kappa shape index (κ3) is 2.91. The Morgan fingerprint density at radius 2 is 1.75 bits per heavy atom. The first kappa shape index (κ1) is 15.5. The van der Waals surface area contributed by atoms with Gasteiger partial charge in [0.1, 0.15) is 0 Å². The highest BCUT2D eigenvalue weighted by atomic mass is 32.2. The number of nitrogens with one attached hydrogen (secondary N) is 1. The number of rotatable bonds is 3. The van der Waals surface area contributed by atoms with Crippen molar-refractivity contribution in [2.45, 2.75) is 51.3 Å². The Bertz CT molecular complexity index is 569. The first-order valence-electron chi connectivity index (χ1n) is 7.33. The van der Waals surface area contributed by atoms with Gasteiger partial charge in [0.25, 0.3) is 0 Å². The summed E-state index contributed by atoms with van der Waals surface area (Å²) in [5, 5.41) is 2.98. The van der Waals surface area contributed by atoms with Crippen molar-refractivity contribution in [3.8, 4) is 0 Å². The van der Waals surface area contributed by atoms with Crippen LogP contribution in [0.5, 0.6) is 0 Å². The van der Waals surface area contributed by atoms with Crippen molar-refractivity contribution in [1.29, 1.82) is 0 Å². The van der Waals surface area contributed by atoms with Crippen molar-refractivity contribution in [2.75, 3.05) is 12.8 Å². The third-order valence-corrected chi connectivity index (χ3v) is 6.65. The molecule has 112 valence electrons. The molecule has 1 aliphatic rings. The van der Waals surface area contributed by atoms with Crippen LogP contribution in [-0.2, 0) is 9.84 Å². The van der Waals surface area contributed by atoms with Gasteiger partial charge in [-0.25, -0.2) is 8.42 Å². The van der Waals surface area contributed by atoms with E-state index in [1.807, 2.05) is 7.05 Å². The molecule has 1 heterocycles. The molecule has 2 atom stereocenters. The molecule has 0 aliphatic carbocycles. The van der Waals surface area contributed by atoms with Crippen LogP contribution in [-0.4, -0.2) is 26.5 Å². The average molecular weight is 295 g/mol. The topological polar surface area (TPSA) is 46.2 Å². The fourth-order valence-corrected chi connectivity index (χ4v) is 5.67. The van der Waals surface area contributed by atoms with E-state index in [1.165, 1.54) is 16.7 Å². The highest BCUT2D eigenvalue weighted by Crippen LogP contribution is 2.34. The second-order valence-corrected chi connectivity index (χ2v) is 8.32. The summed E-state index contributed by atoms with van der Waals surface area (Å²) in [5.74, 6) is 0.333. The van der Waals surface area contributed by atoms with Crippen molar-refractivity contribution in [1.82, 2.24) is 5.32 Å². The van der Waals surface area contributed by atoms with Crippen LogP contribution >= 0.6 is 0 Å². The minimum Gasteiger partial charge on any atom is -0.312 e. The zero-order valence-electron chi connectivity index (χ0n) is 12.9. The summed E-state index contributed by atoms with van der Waals surface area (Å²) < 4.78 is 24.8. The number of sulfone groups is 1. The molecular weight excluding hydrogens is 270 g/mol. The van der Waals surface area contributed by atoms with E-state index in [-0.39, 0.29) is 11.3 Å². The van der Waals surface area contributed by atoms with Gasteiger partial charge in [0.05, 0.1) is 11.0 Å². The number of benzene rings is 1. The highest BCUT2D eigenvalue weighted by molar-refractivity contribution is 7.92. The molecule has 4 heteroatoms. The van der Waals surface area contributed by atoms with Crippen LogP contribution in [0.4, 0.5) is 0 Å². The van der Waals surface area contributed by atoms with Gasteiger partial charge in [0.2, 0.25) is 0 Å². The Labute approximate surface area is 122 Å². The maximum Gasteiger partial charge on any atom is 0.155 e. The van der Waals surface area contributed by atoms with E-state index in [4.69, 9.17) is 0 Å². The van der Waals surface area contributed by atoms with Gasteiger partial charge in [-0.3, -0.25) is 0 Å². The normalized spacial score (nSPS) is 23.5. The lowest BCUT2D eigenvalue weighted by molar-refractivity contribution is 0.467. The van der Waals surface area contributed by atoms with E-state index in [0.29, 0.717) is 5.75 Å². The monoisotopic (exact) mass is 295 g/mol. The largest absolute Gasteiger partial charge is 0.312 e. The molecular formula is C16H25NO2S. The van der Waals surface area contributed by atoms with E-state index < -0.39 is 9.84 Å². The third-order valence-electron chi connectivity index (χ3n) is 4.36. The van der Waals surface area contributed by atoms with Crippen molar-refractivity contribution in [3.05, 3.63) is 34.4 Å². The van der Waals surface area contributed by atoms with Gasteiger partial charge in [0.15, 0.2) is 9.84 Å². The van der Waals surface area contributed by atoms with E-state index in [1.54, 1.807) is 0 Å². The van der Waals surface area contributed by atoms with Gasteiger partial charge in [-0.05, 0) is 57.4 Å². The molecule has 1 aromatic carbocycles. The second-order valence-electron chi connectivity index (χ2n) is 5.98. The molecule has 0 saturated carbocycles. The summed E-state index contributed by atoms with van der Waals surface area (Å²) in [6.07, 6.45) is 2.58. The molecule has 1 aliphatic heterocycles. The molecule has 1 N–H and O–H groups in total. The summed E-state index contributed by atoms with van der Waals surface area (Å²) in [5.41, 5.74) is 4.75. The van der Waals surface area contributed by atoms with Gasteiger partial charge in [-0.15, -0.1) is 0 Å². The fourth-order valence-electron chi connectivity index (χ4n) is 3.55. The predicted molar refractivity (Wildman–Crippen MR) is 83.9 cm³/mol. The summed E-state index contributed by atoms with van der Waals surface area (Å²) in [6, 6.07) is 4.19. The molecule has 0 spiro atoms. The second kappa shape index (κ2) is 5.86. The molecule has 0 bridgehead atoms. The molecule has 2 rings (SSSR count). The first-order chi connectivity index (χ1) is 9.36. The summed E-state index contributed by atoms with van der Waals surface area (Å²) >= 11 is 0. The zero-order chi connectivity index (χ0) is 14.9. The smallest absolute Gasteiger partial charge is 0.155 e. The van der Waals surface area contributed by atoms with Crippen LogP contribution in [0.2, 0.25) is 0 Å². The van der Waals surface area contributed by atoms with Crippen LogP contribution in [0, 0.1) is 20.8 Å². The Morgan fingerprint density at radius 3 is 2.25 bits per heavy atom. The van der Waals surface area contributed by atoms with E-state index in [0.717, 1.165) is 24.8 Å². The molecule has 1 fully saturated rings. The molecule has 0 aromatic heterocycles. The Kier molecular flexibility index (Phi) is 4.55. The number of aryl methyl sites for hydroxylation is 3. The van der Waals surface area contributed by atoms with Crippen LogP contribution < -0.4 is 5.32 Å². The van der Waals surface area contributed by atoms with E-state index >= 15 is 0 Å². The molecule has 2 unspecified atom stereocenters. The maximum atomic E-state index is 12.4. The predicted octanol–water partition coefficient (Wildman–Crippen LogP) is 2.84. The lowest BCUT2D eigenvalue weighted by atomic mass is 9.90. The Morgan fingerprint density at radius 1 is 1.15 bits per heavy atom. The number of hydrogen-bond acceptors (Lipinski definition) is 3. The molecule has 20 heavy (non-hydrogen) atoms. The van der Waals surface area contributed by atoms with Gasteiger partial charge < -0.3 is 5.32 Å². The minimum atomic E-state index is -2.99. The first-order valence-corrected chi connectivity index (χ1v) is 9.05. The standard InChI is InChI=1S/C16H25NO2S/c1-11-9-12(2)15(13(3)10-11)16(17-4)14-7-5-6-8-20(14,18)19/h9-10,14,16-17H,5-8H2,1-4H3. The highest BCUT2D eigenvalue weighted by Gasteiger charge is 2.36. The van der Waals surface area contributed by atoms with Crippen molar-refractivity contribution >= 4 is 9.84 Å². The van der Waals surface area contributed by atoms with Gasteiger partial charge in [-0.1, -0.05) is 24.1 Å². The SMILES string of the molecule is CNC(c1c(C)cc(C)cc1C)C1CCCCS1(=O)=O. The Hall–Kier alpha value is -0.870. The summed E-state index contributed by atoms with van der Waals surface area (Å²) in [4.78, 5) is 0. The molecule has 0 radical (unpaired) electrons. The maximum absolute atomic E-state index is 12.4. The minimum absolute atomic E-state index is 0.0964. The van der Waals surface area contributed by atoms with E-state index in [9.17, 15) is 8.42 Å². The summed E-state index contributed by atoms with van der Waals surface area (Å²) in [6.45, 7) is 6.24. The van der Waals surface area contributed by atoms with Gasteiger partial charge in [0, 0.05) is 6.04 Å². The van der Waals surface area contributed by atoms with Crippen LogP contribution in [0.25, 0.3) is 0 Å². The van der Waals surface area contributed by atoms with Crippen LogP contribution in [0.1, 0.15) is 47.6 Å². The summed E-state index contributed by atoms with van der Waals surface area (Å²) in [7, 11) is -1.12. The molecule has 1 aromatic rings. The molecule has 0 amide bonds. The average Bonchev–Trinajstić information content (AvgIpc) is 2.34. The number of hydrogen-bond donors (Lipinski definition) is 1. The van der Waals surface area contributed by atoms with Crippen molar-refractivity contribution in [3.63, 3.8) is 0 Å².